The molecule has 0 saturated carbocycles. The van der Waals surface area contributed by atoms with E-state index in [0.717, 1.165) is 98.2 Å². The summed E-state index contributed by atoms with van der Waals surface area (Å²) in [7, 11) is -21.3. The molecule has 660 valence electrons. The van der Waals surface area contributed by atoms with Gasteiger partial charge in [0.1, 0.15) is 62.4 Å². The van der Waals surface area contributed by atoms with Gasteiger partial charge in [-0.25, -0.2) is 0 Å². The van der Waals surface area contributed by atoms with Crippen molar-refractivity contribution in [3.63, 3.8) is 0 Å². The molecule has 6 aliphatic rings. The summed E-state index contributed by atoms with van der Waals surface area (Å²) in [6, 6.07) is 44.5. The van der Waals surface area contributed by atoms with Gasteiger partial charge in [-0.05, 0) is 226 Å². The molecular weight excluding hydrogens is 1720 g/mol. The first-order valence-corrected chi connectivity index (χ1v) is 49.3. The van der Waals surface area contributed by atoms with Crippen LogP contribution < -0.4 is 18.9 Å². The van der Waals surface area contributed by atoms with Crippen LogP contribution in [0.4, 0.5) is 0 Å². The highest BCUT2D eigenvalue weighted by molar-refractivity contribution is 7.87. The molecule has 6 saturated heterocycles. The fourth-order valence-electron chi connectivity index (χ4n) is 18.2. The Hall–Kier alpha value is -10.2. The number of hydrogen-bond acceptors (Lipinski definition) is 23. The largest absolute Gasteiger partial charge is 0.497 e. The summed E-state index contributed by atoms with van der Waals surface area (Å²) in [5.41, 5.74) is 6.16. The van der Waals surface area contributed by atoms with Gasteiger partial charge in [-0.3, -0.25) is 46.3 Å². The van der Waals surface area contributed by atoms with Crippen LogP contribution in [0.5, 0.6) is 23.0 Å². The Kier molecular flexibility index (Phi) is 27.7. The van der Waals surface area contributed by atoms with Crippen molar-refractivity contribution in [2.45, 2.75) is 96.9 Å². The molecule has 8 heterocycles. The van der Waals surface area contributed by atoms with Gasteiger partial charge in [0.25, 0.3) is 60.7 Å². The van der Waals surface area contributed by atoms with Crippen molar-refractivity contribution < 1.29 is 101 Å². The van der Waals surface area contributed by atoms with Crippen molar-refractivity contribution in [1.82, 2.24) is 19.8 Å². The van der Waals surface area contributed by atoms with Crippen LogP contribution >= 0.6 is 0 Å². The van der Waals surface area contributed by atoms with E-state index < -0.39 is 89.8 Å². The zero-order chi connectivity index (χ0) is 90.0. The maximum Gasteiger partial charge on any atom is 0.297 e. The summed E-state index contributed by atoms with van der Waals surface area (Å²) in [5, 5.41) is 17.7. The van der Waals surface area contributed by atoms with Gasteiger partial charge in [-0.1, -0.05) is 111 Å². The van der Waals surface area contributed by atoms with E-state index in [0.29, 0.717) is 77.5 Å². The van der Waals surface area contributed by atoms with Crippen molar-refractivity contribution in [1.29, 1.82) is 0 Å². The van der Waals surface area contributed by atoms with E-state index in [1.165, 1.54) is 84.8 Å². The van der Waals surface area contributed by atoms with E-state index in [1.807, 2.05) is 72.9 Å². The number of pyridine rings is 2. The highest BCUT2D eigenvalue weighted by Crippen LogP contribution is 2.50. The first kappa shape index (κ1) is 92.5. The Labute approximate surface area is 727 Å². The molecule has 0 amide bonds. The van der Waals surface area contributed by atoms with E-state index in [2.05, 4.69) is 91.7 Å². The molecule has 8 unspecified atom stereocenters. The lowest BCUT2D eigenvalue weighted by atomic mass is 9.65. The lowest BCUT2D eigenvalue weighted by molar-refractivity contribution is -0.0444. The third-order valence-corrected chi connectivity index (χ3v) is 29.4. The molecular formula is C92H98N4O23S6. The van der Waals surface area contributed by atoms with E-state index in [4.69, 9.17) is 18.9 Å². The Morgan fingerprint density at radius 1 is 0.504 bits per heavy atom. The topological polar surface area (TPSA) is 394 Å². The number of fused-ring (bicyclic) bond motifs is 8. The first-order chi connectivity index (χ1) is 59.3. The smallest absolute Gasteiger partial charge is 0.297 e. The number of piperidine rings is 6. The summed E-state index contributed by atoms with van der Waals surface area (Å²) in [4.78, 5) is 13.4. The number of nitrogens with zero attached hydrogens (tertiary/aromatic N) is 4. The first-order valence-electron chi connectivity index (χ1n) is 40.0. The molecule has 13 aromatic rings. The van der Waals surface area contributed by atoms with Crippen LogP contribution in [-0.4, -0.2) is 174 Å². The summed E-state index contributed by atoms with van der Waals surface area (Å²) < 4.78 is 214. The highest BCUT2D eigenvalue weighted by Gasteiger charge is 2.46. The molecule has 5 N–H and O–H groups in total. The molecule has 6 fully saturated rings. The molecule has 27 nitrogen and oxygen atoms in total. The van der Waals surface area contributed by atoms with Gasteiger partial charge in [0, 0.05) is 86.1 Å². The second-order valence-corrected chi connectivity index (χ2v) is 40.8. The Morgan fingerprint density at radius 2 is 0.960 bits per heavy atom. The van der Waals surface area contributed by atoms with E-state index >= 15 is 0 Å². The quantitative estimate of drug-likeness (QED) is 0.0145. The molecule has 33 heteroatoms. The predicted molar refractivity (Wildman–Crippen MR) is 487 cm³/mol. The minimum absolute atomic E-state index is 0.00114. The van der Waals surface area contributed by atoms with Crippen molar-refractivity contribution in [2.75, 3.05) is 67.8 Å². The summed E-state index contributed by atoms with van der Waals surface area (Å²) in [5.74, 6) is 1.05. The van der Waals surface area contributed by atoms with Crippen LogP contribution in [0, 0.1) is 23.2 Å². The number of rotatable bonds is 26. The molecule has 125 heavy (non-hydrogen) atoms. The van der Waals surface area contributed by atoms with Crippen molar-refractivity contribution in [2.24, 2.45) is 23.2 Å². The minimum atomic E-state index is -4.55. The van der Waals surface area contributed by atoms with E-state index in [1.54, 1.807) is 51.6 Å². The monoisotopic (exact) mass is 1820 g/mol. The van der Waals surface area contributed by atoms with Gasteiger partial charge in [-0.15, -0.1) is 13.2 Å². The van der Waals surface area contributed by atoms with Gasteiger partial charge in [-0.2, -0.15) is 50.5 Å². The van der Waals surface area contributed by atoms with Crippen molar-refractivity contribution in [3.05, 3.63) is 248 Å². The standard InChI is InChI=1S/C22H20O10S3.C21H26N2O.C21H20O10S3.C20H24N2O2.C8H8/c1-3-8-32-19-9-13(11-33(23,24)25)15-4-5-16-14(12-34(26,27)28)10-20(35(29,30)31-2)18-7-6-17(19)21(15)22(16)18;1-4-21(2)14-23-10-8-16(21)12-17(23)11-15-7-9-22-20-6-5-18(24-3)13-19(15)20;1-3-31-18-8-12(10-32(22,23)24)14-4-5-15-13(11-33(25,26)27)9-19(34(28,29)30-2)17-7-6-16(18)20(14)21(15)17;1-3-13-12-22-9-7-14(13)10-19(22)20(23)16-6-8-21-18-5-4-15(24-2)11-17(16)18;1-2-8-6-4-3-5-7-8/h3-7,9-10H,1,8,11-12H2,2H3,(H,23,24,25)(H,26,27,28);4-7,9,13,16-17H,1,8,10-12,14H2,2-3H3;4-9H,3,10-11H2,1-2H3,(H,22,23,24)(H,25,26,27);3-6,8,11,13-14,19-20,23H,1,7,9-10,12H2,2H3;2-7H,1H2/t;;;13?,14?,19?,20-;/m...1./s1. The van der Waals surface area contributed by atoms with Crippen LogP contribution in [-0.2, 0) is 98.5 Å². The lowest BCUT2D eigenvalue weighted by Crippen LogP contribution is -2.57. The van der Waals surface area contributed by atoms with Crippen LogP contribution in [0.15, 0.2) is 218 Å². The third kappa shape index (κ3) is 20.3. The second kappa shape index (κ2) is 37.4. The van der Waals surface area contributed by atoms with E-state index in [-0.39, 0.29) is 73.2 Å². The number of ether oxygens (including phenoxy) is 4. The SMILES string of the molecule is C=CC1(C)CN2CCC1CC2Cc1ccnc2ccc(OC)cc12.C=CC1CN2CCC1CC2[C@H](O)c1ccnc2ccc(OC)cc12.C=CCOc1cc(CS(=O)(=O)O)c2ccc3c(CS(=O)(=O)O)cc(S(=O)(=O)OC)c4ccc1c2c34.C=Cc1ccccc1.CCOc1cc(CS(=O)(=O)O)c2ccc3c(CS(=O)(=O)O)cc(S(=O)(=O)OC)c4ccc1c2c34. The molecule has 0 spiro atoms. The second-order valence-electron chi connectivity index (χ2n) is 31.7. The maximum absolute atomic E-state index is 12.7. The number of methoxy groups -OCH3 is 2. The number of benzene rings is 11. The van der Waals surface area contributed by atoms with E-state index in [9.17, 15) is 73.8 Å². The lowest BCUT2D eigenvalue weighted by Gasteiger charge is -2.54. The van der Waals surface area contributed by atoms with Gasteiger partial charge < -0.3 is 24.1 Å². The molecule has 6 aliphatic heterocycles. The molecule has 9 atom stereocenters. The van der Waals surface area contributed by atoms with Gasteiger partial charge in [0.15, 0.2) is 0 Å². The Balaban J connectivity index is 0.000000140. The summed E-state index contributed by atoms with van der Waals surface area (Å²) in [6.45, 7) is 24.2. The molecule has 0 aliphatic carbocycles. The summed E-state index contributed by atoms with van der Waals surface area (Å²) >= 11 is 0. The number of aliphatic hydroxyl groups excluding tert-OH is 1. The number of hydrogen-bond donors (Lipinski definition) is 5. The Morgan fingerprint density at radius 3 is 1.38 bits per heavy atom. The average Bonchev–Trinajstić information content (AvgIpc) is 0.714. The fraction of sp³-hybridized carbons (Fsp3) is 0.304. The zero-order valence-electron chi connectivity index (χ0n) is 69.6. The average molecular weight is 1820 g/mol. The van der Waals surface area contributed by atoms with Crippen LogP contribution in [0.2, 0.25) is 0 Å². The molecule has 2 aromatic heterocycles. The normalized spacial score (nSPS) is 19.8. The van der Waals surface area contributed by atoms with Crippen LogP contribution in [0.1, 0.15) is 84.6 Å². The molecule has 0 radical (unpaired) electrons. The maximum atomic E-state index is 12.7. The van der Waals surface area contributed by atoms with Crippen molar-refractivity contribution in [3.8, 4) is 23.0 Å². The molecule has 11 aromatic carbocycles. The predicted octanol–water partition coefficient (Wildman–Crippen LogP) is 15.9. The molecule has 4 bridgehead atoms. The van der Waals surface area contributed by atoms with Crippen molar-refractivity contribution >= 4 is 153 Å². The highest BCUT2D eigenvalue weighted by atomic mass is 32.2. The number of aliphatic hydroxyl groups is 1. The zero-order valence-corrected chi connectivity index (χ0v) is 74.5. The van der Waals surface area contributed by atoms with Crippen LogP contribution in [0.3, 0.4) is 0 Å². The van der Waals surface area contributed by atoms with Gasteiger partial charge in [0.2, 0.25) is 0 Å². The summed E-state index contributed by atoms with van der Waals surface area (Å²) in [6.07, 6.45) is 16.7. The van der Waals surface area contributed by atoms with Gasteiger partial charge in [0.05, 0.1) is 52.2 Å². The Bertz CT molecular complexity index is 7040. The fourth-order valence-corrected chi connectivity index (χ4v) is 22.6. The third-order valence-electron chi connectivity index (χ3n) is 24.1. The minimum Gasteiger partial charge on any atom is -0.497 e. The van der Waals surface area contributed by atoms with Gasteiger partial charge >= 0.3 is 0 Å². The van der Waals surface area contributed by atoms with Crippen LogP contribution in [0.25, 0.3) is 92.5 Å². The number of aromatic nitrogens is 2. The molecule has 19 rings (SSSR count).